The van der Waals surface area contributed by atoms with Gasteiger partial charge in [0.25, 0.3) is 7.82 Å². The van der Waals surface area contributed by atoms with Crippen molar-refractivity contribution in [2.45, 2.75) is 113 Å². The molecule has 1 unspecified atom stereocenters. The van der Waals surface area contributed by atoms with Gasteiger partial charge in [-0.15, -0.1) is 6.58 Å². The number of ether oxygens (including phenoxy) is 9. The topological polar surface area (TPSA) is 244 Å². The number of allylic oxidation sites excluding steroid dienone is 1. The van der Waals surface area contributed by atoms with E-state index in [0.29, 0.717) is 12.8 Å². The van der Waals surface area contributed by atoms with Crippen LogP contribution in [0.3, 0.4) is 0 Å². The molecule has 2 fully saturated rings. The molecule has 0 aliphatic carbocycles. The van der Waals surface area contributed by atoms with E-state index in [4.69, 9.17) is 51.7 Å². The zero-order chi connectivity index (χ0) is 56.9. The molecule has 2 aliphatic heterocycles. The second-order valence-electron chi connectivity index (χ2n) is 18.4. The fourth-order valence-electron chi connectivity index (χ4n) is 8.69. The van der Waals surface area contributed by atoms with Crippen molar-refractivity contribution in [1.29, 1.82) is 0 Å². The molecule has 0 radical (unpaired) electrons. The maximum Gasteiger partial charge on any atom is 0.338 e. The highest BCUT2D eigenvalue weighted by Gasteiger charge is 2.58. The number of rotatable bonds is 27. The van der Waals surface area contributed by atoms with Crippen LogP contribution < -0.4 is 4.89 Å². The van der Waals surface area contributed by atoms with Crippen LogP contribution in [0.4, 0.5) is 4.39 Å². The average molecular weight is 1120 g/mol. The third-order valence-electron chi connectivity index (χ3n) is 12.6. The van der Waals surface area contributed by atoms with Crippen molar-refractivity contribution in [3.8, 4) is 0 Å². The van der Waals surface area contributed by atoms with E-state index in [9.17, 15) is 38.2 Å². The minimum atomic E-state index is -5.48. The first-order valence-electron chi connectivity index (χ1n) is 26.0. The number of halogens is 1. The lowest BCUT2D eigenvalue weighted by Gasteiger charge is -2.49. The highest BCUT2D eigenvalue weighted by Crippen LogP contribution is 2.45. The minimum Gasteiger partial charge on any atom is -0.756 e. The number of unbranched alkanes of at least 4 members (excludes halogenated alkanes) is 6. The Bertz CT molecular complexity index is 2850. The largest absolute Gasteiger partial charge is 0.756 e. The van der Waals surface area contributed by atoms with Crippen molar-refractivity contribution >= 4 is 43.6 Å². The van der Waals surface area contributed by atoms with Crippen molar-refractivity contribution < 1.29 is 94.3 Å². The molecule has 11 atom stereocenters. The van der Waals surface area contributed by atoms with Crippen LogP contribution in [0.5, 0.6) is 0 Å². The molecular weight excluding hydrogens is 1060 g/mol. The number of carbonyl (C=O) groups excluding carboxylic acids is 6. The first-order chi connectivity index (χ1) is 38.7. The molecule has 0 spiro atoms. The standard InChI is InChI=1S/C59H62FO19P/c1-3-4-5-6-7-8-9-25-36-70-80(67,68)79-59-52(77-57(66)44-34-23-14-24-35-44)50(75-55(64)42-30-19-12-20-31-42)48(46(73-59)38-69-53(62)40-26-15-10-16-27-40)78-58-51(76-56(65)43-32-21-13-22-33-43)49(47(71-39(2)61)45(37-60)72-58)74-54(63)41-28-17-11-18-29-41/h3,10-24,26-35,45-52,58-59H,1,4-9,25,36-38H2,2H3,(H,67,68)/p-1/t45-,46-,47+,48-,49+,50+,51-,52+,58+,59-/m1/s1. The second kappa shape index (κ2) is 30.2. The summed E-state index contributed by atoms with van der Waals surface area (Å²) in [6.45, 7) is 2.07. The summed E-state index contributed by atoms with van der Waals surface area (Å²) in [7, 11) is -5.48. The van der Waals surface area contributed by atoms with Crippen LogP contribution in [0.15, 0.2) is 164 Å². The van der Waals surface area contributed by atoms with Crippen LogP contribution in [0, 0.1) is 0 Å². The third-order valence-corrected chi connectivity index (χ3v) is 13.6. The van der Waals surface area contributed by atoms with Crippen molar-refractivity contribution in [2.75, 3.05) is 19.9 Å². The van der Waals surface area contributed by atoms with Crippen LogP contribution in [0.1, 0.15) is 104 Å². The number of hydrogen-bond donors (Lipinski definition) is 0. The normalized spacial score (nSPS) is 23.2. The van der Waals surface area contributed by atoms with Crippen LogP contribution in [-0.4, -0.2) is 117 Å². The predicted octanol–water partition coefficient (Wildman–Crippen LogP) is 8.90. The summed E-state index contributed by atoms with van der Waals surface area (Å²) in [6, 6.07) is 37.4. The lowest BCUT2D eigenvalue weighted by atomic mass is 9.96. The Hall–Kier alpha value is -7.42. The molecule has 21 heteroatoms. The van der Waals surface area contributed by atoms with E-state index in [1.54, 1.807) is 42.5 Å². The second-order valence-corrected chi connectivity index (χ2v) is 19.8. The maximum atomic E-state index is 15.6. The van der Waals surface area contributed by atoms with E-state index >= 15 is 4.39 Å². The van der Waals surface area contributed by atoms with Gasteiger partial charge in [0.1, 0.15) is 31.6 Å². The van der Waals surface area contributed by atoms with E-state index in [-0.39, 0.29) is 34.4 Å². The number of carbonyl (C=O) groups is 6. The molecule has 424 valence electrons. The molecule has 0 saturated carbocycles. The van der Waals surface area contributed by atoms with Gasteiger partial charge in [0.15, 0.2) is 36.8 Å². The first-order valence-corrected chi connectivity index (χ1v) is 27.4. The first kappa shape index (κ1) is 60.2. The highest BCUT2D eigenvalue weighted by molar-refractivity contribution is 7.45. The zero-order valence-corrected chi connectivity index (χ0v) is 44.5. The number of benzene rings is 5. The van der Waals surface area contributed by atoms with E-state index in [1.807, 2.05) is 6.08 Å². The van der Waals surface area contributed by atoms with Gasteiger partial charge in [0.2, 0.25) is 6.29 Å². The Labute approximate surface area is 461 Å². The molecule has 2 saturated heterocycles. The number of phosphoric acid groups is 1. The van der Waals surface area contributed by atoms with Crippen molar-refractivity contribution in [1.82, 2.24) is 0 Å². The molecule has 2 heterocycles. The van der Waals surface area contributed by atoms with E-state index in [2.05, 4.69) is 6.58 Å². The molecule has 0 N–H and O–H groups in total. The summed E-state index contributed by atoms with van der Waals surface area (Å²) in [5.74, 6) is -6.27. The number of esters is 6. The molecule has 0 amide bonds. The van der Waals surface area contributed by atoms with Gasteiger partial charge in [0.05, 0.1) is 34.4 Å². The minimum absolute atomic E-state index is 0.0273. The predicted molar refractivity (Wildman–Crippen MR) is 280 cm³/mol. The van der Waals surface area contributed by atoms with E-state index < -0.39 is 118 Å². The molecule has 7 rings (SSSR count). The summed E-state index contributed by atoms with van der Waals surface area (Å²) in [6.07, 6.45) is -13.0. The van der Waals surface area contributed by atoms with E-state index in [1.165, 1.54) is 109 Å². The van der Waals surface area contributed by atoms with Gasteiger partial charge in [-0.1, -0.05) is 123 Å². The molecule has 0 aromatic heterocycles. The van der Waals surface area contributed by atoms with Crippen molar-refractivity contribution in [2.24, 2.45) is 0 Å². The quantitative estimate of drug-likeness (QED) is 0.0157. The Kier molecular flexibility index (Phi) is 22.8. The maximum absolute atomic E-state index is 15.6. The summed E-state index contributed by atoms with van der Waals surface area (Å²) in [4.78, 5) is 97.2. The summed E-state index contributed by atoms with van der Waals surface area (Å²) in [5.41, 5.74) is -0.171. The average Bonchev–Trinajstić information content (AvgIpc) is 3.58. The SMILES string of the molecule is C=CCCCCCCCCOP(=O)([O-])O[C@H]1O[C@H](COC(=O)c2ccccc2)[C@@H](O[C@@H]2O[C@H](CF)[C@H](OC(C)=O)[C@H](OC(=O)c3ccccc3)[C@H]2OC(=O)c2ccccc2)[C@H](OC(=O)c2ccccc2)[C@@H]1OC(=O)c1ccccc1. The lowest BCUT2D eigenvalue weighted by molar-refractivity contribution is -0.354. The highest BCUT2D eigenvalue weighted by atomic mass is 31.2. The molecule has 5 aromatic carbocycles. The Morgan fingerprint density at radius 3 is 1.34 bits per heavy atom. The number of phosphoric ester groups is 1. The van der Waals surface area contributed by atoms with Crippen molar-refractivity contribution in [3.05, 3.63) is 192 Å². The monoisotopic (exact) mass is 1120 g/mol. The summed E-state index contributed by atoms with van der Waals surface area (Å²) in [5, 5.41) is 0. The van der Waals surface area contributed by atoms with Crippen LogP contribution in [0.2, 0.25) is 0 Å². The molecule has 5 aromatic rings. The smallest absolute Gasteiger partial charge is 0.338 e. The van der Waals surface area contributed by atoms with Gasteiger partial charge in [-0.3, -0.25) is 13.9 Å². The lowest BCUT2D eigenvalue weighted by Crippen LogP contribution is -2.67. The third kappa shape index (κ3) is 17.3. The van der Waals surface area contributed by atoms with Crippen LogP contribution >= 0.6 is 7.82 Å². The van der Waals surface area contributed by atoms with Gasteiger partial charge in [-0.05, 0) is 79.9 Å². The van der Waals surface area contributed by atoms with Gasteiger partial charge in [0, 0.05) is 6.92 Å². The van der Waals surface area contributed by atoms with Crippen molar-refractivity contribution in [3.63, 3.8) is 0 Å². The van der Waals surface area contributed by atoms with Gasteiger partial charge in [-0.2, -0.15) is 0 Å². The van der Waals surface area contributed by atoms with Crippen LogP contribution in [-0.2, 0) is 61.0 Å². The molecule has 2 aliphatic rings. The molecular formula is C59H61FO19P-. The zero-order valence-electron chi connectivity index (χ0n) is 43.6. The van der Waals surface area contributed by atoms with Crippen LogP contribution in [0.25, 0.3) is 0 Å². The Balaban J connectivity index is 1.34. The molecule has 0 bridgehead atoms. The van der Waals surface area contributed by atoms with E-state index in [0.717, 1.165) is 39.0 Å². The fourth-order valence-corrected chi connectivity index (χ4v) is 9.53. The Morgan fingerprint density at radius 1 is 0.512 bits per heavy atom. The Morgan fingerprint density at radius 2 is 0.900 bits per heavy atom. The van der Waals surface area contributed by atoms with Gasteiger partial charge >= 0.3 is 35.8 Å². The van der Waals surface area contributed by atoms with Gasteiger partial charge in [-0.25, -0.2) is 28.4 Å². The molecule has 80 heavy (non-hydrogen) atoms. The van der Waals surface area contributed by atoms with Gasteiger partial charge < -0.3 is 52.0 Å². The number of alkyl halides is 1. The number of hydrogen-bond acceptors (Lipinski definition) is 19. The summed E-state index contributed by atoms with van der Waals surface area (Å²) < 4.78 is 95.2. The fraction of sp³-hybridized carbons (Fsp3) is 0.356. The summed E-state index contributed by atoms with van der Waals surface area (Å²) >= 11 is 0. The molecule has 19 nitrogen and oxygen atoms in total.